The standard InChI is InChI=1S/C20H24N2O3/c1-16-5-4-6-17(15-16)25-12-9-20(23)21-18-7-2-3-8-19(18)22-10-13-24-14-11-22/h2-8,15H,9-14H2,1H3,(H,21,23). The van der Waals surface area contributed by atoms with Crippen molar-refractivity contribution in [1.82, 2.24) is 0 Å². The molecule has 1 aliphatic heterocycles. The molecular formula is C20H24N2O3. The Hall–Kier alpha value is -2.53. The molecule has 1 fully saturated rings. The summed E-state index contributed by atoms with van der Waals surface area (Å²) in [6, 6.07) is 15.7. The van der Waals surface area contributed by atoms with Crippen LogP contribution in [0.25, 0.3) is 0 Å². The Labute approximate surface area is 148 Å². The summed E-state index contributed by atoms with van der Waals surface area (Å²) in [7, 11) is 0. The van der Waals surface area contributed by atoms with Gasteiger partial charge in [0.05, 0.1) is 37.6 Å². The number of para-hydroxylation sites is 2. The summed E-state index contributed by atoms with van der Waals surface area (Å²) in [6.45, 7) is 5.48. The van der Waals surface area contributed by atoms with Crippen LogP contribution in [-0.2, 0) is 9.53 Å². The Balaban J connectivity index is 1.54. The van der Waals surface area contributed by atoms with E-state index >= 15 is 0 Å². The predicted molar refractivity (Wildman–Crippen MR) is 99.4 cm³/mol. The molecule has 1 heterocycles. The van der Waals surface area contributed by atoms with E-state index in [1.54, 1.807) is 0 Å². The van der Waals surface area contributed by atoms with Crippen LogP contribution in [0, 0.1) is 6.92 Å². The molecule has 0 radical (unpaired) electrons. The molecule has 0 unspecified atom stereocenters. The minimum atomic E-state index is -0.0478. The molecule has 1 aliphatic rings. The van der Waals surface area contributed by atoms with Gasteiger partial charge in [0.25, 0.3) is 0 Å². The second-order valence-corrected chi connectivity index (χ2v) is 6.08. The Morgan fingerprint density at radius 3 is 2.76 bits per heavy atom. The van der Waals surface area contributed by atoms with Gasteiger partial charge in [-0.15, -0.1) is 0 Å². The molecule has 0 bridgehead atoms. The van der Waals surface area contributed by atoms with Gasteiger partial charge in [0.15, 0.2) is 0 Å². The largest absolute Gasteiger partial charge is 0.493 e. The lowest BCUT2D eigenvalue weighted by Gasteiger charge is -2.30. The van der Waals surface area contributed by atoms with Crippen molar-refractivity contribution in [3.8, 4) is 5.75 Å². The first kappa shape index (κ1) is 17.3. The van der Waals surface area contributed by atoms with Gasteiger partial charge in [0.2, 0.25) is 5.91 Å². The second kappa shape index (κ2) is 8.53. The Kier molecular flexibility index (Phi) is 5.90. The molecule has 5 nitrogen and oxygen atoms in total. The zero-order valence-electron chi connectivity index (χ0n) is 14.5. The van der Waals surface area contributed by atoms with Crippen LogP contribution in [0.2, 0.25) is 0 Å². The van der Waals surface area contributed by atoms with Gasteiger partial charge in [0.1, 0.15) is 5.75 Å². The number of rotatable bonds is 6. The fourth-order valence-corrected chi connectivity index (χ4v) is 2.84. The zero-order valence-corrected chi connectivity index (χ0v) is 14.5. The molecule has 1 N–H and O–H groups in total. The number of hydrogen-bond donors (Lipinski definition) is 1. The minimum Gasteiger partial charge on any atom is -0.493 e. The van der Waals surface area contributed by atoms with E-state index in [4.69, 9.17) is 9.47 Å². The number of carbonyl (C=O) groups excluding carboxylic acids is 1. The van der Waals surface area contributed by atoms with Crippen molar-refractivity contribution in [1.29, 1.82) is 0 Å². The molecule has 0 aromatic heterocycles. The van der Waals surface area contributed by atoms with Crippen molar-refractivity contribution in [2.24, 2.45) is 0 Å². The molecule has 1 amide bonds. The smallest absolute Gasteiger partial charge is 0.227 e. The molecule has 0 spiro atoms. The summed E-state index contributed by atoms with van der Waals surface area (Å²) in [6.07, 6.45) is 0.311. The summed E-state index contributed by atoms with van der Waals surface area (Å²) < 4.78 is 11.1. The molecule has 0 aliphatic carbocycles. The monoisotopic (exact) mass is 340 g/mol. The summed E-state index contributed by atoms with van der Waals surface area (Å²) in [5.74, 6) is 0.745. The highest BCUT2D eigenvalue weighted by Crippen LogP contribution is 2.26. The molecule has 0 saturated carbocycles. The van der Waals surface area contributed by atoms with Gasteiger partial charge in [-0.25, -0.2) is 0 Å². The van der Waals surface area contributed by atoms with Crippen molar-refractivity contribution in [2.45, 2.75) is 13.3 Å². The number of ether oxygens (including phenoxy) is 2. The number of nitrogens with one attached hydrogen (secondary N) is 1. The molecule has 2 aromatic rings. The van der Waals surface area contributed by atoms with E-state index in [0.717, 1.165) is 35.8 Å². The van der Waals surface area contributed by atoms with Crippen LogP contribution >= 0.6 is 0 Å². The normalized spacial score (nSPS) is 14.2. The first-order valence-electron chi connectivity index (χ1n) is 8.63. The van der Waals surface area contributed by atoms with Crippen molar-refractivity contribution >= 4 is 17.3 Å². The number of nitrogens with zero attached hydrogens (tertiary/aromatic N) is 1. The van der Waals surface area contributed by atoms with Crippen LogP contribution in [0.15, 0.2) is 48.5 Å². The van der Waals surface area contributed by atoms with Gasteiger partial charge < -0.3 is 19.7 Å². The van der Waals surface area contributed by atoms with Gasteiger partial charge in [-0.1, -0.05) is 24.3 Å². The quantitative estimate of drug-likeness (QED) is 0.877. The maximum absolute atomic E-state index is 12.3. The van der Waals surface area contributed by atoms with Crippen LogP contribution in [0.4, 0.5) is 11.4 Å². The van der Waals surface area contributed by atoms with Crippen molar-refractivity contribution in [3.63, 3.8) is 0 Å². The van der Waals surface area contributed by atoms with Gasteiger partial charge in [-0.3, -0.25) is 4.79 Å². The number of aryl methyl sites for hydroxylation is 1. The molecule has 2 aromatic carbocycles. The second-order valence-electron chi connectivity index (χ2n) is 6.08. The van der Waals surface area contributed by atoms with E-state index in [1.807, 2.05) is 55.5 Å². The van der Waals surface area contributed by atoms with E-state index in [1.165, 1.54) is 0 Å². The first-order chi connectivity index (χ1) is 12.2. The molecule has 132 valence electrons. The number of hydrogen-bond acceptors (Lipinski definition) is 4. The van der Waals surface area contributed by atoms with Gasteiger partial charge in [0, 0.05) is 13.1 Å². The molecule has 3 rings (SSSR count). The van der Waals surface area contributed by atoms with E-state index in [2.05, 4.69) is 10.2 Å². The lowest BCUT2D eigenvalue weighted by atomic mass is 10.2. The molecule has 0 atom stereocenters. The zero-order chi connectivity index (χ0) is 17.5. The number of anilines is 2. The summed E-state index contributed by atoms with van der Waals surface area (Å²) >= 11 is 0. The highest BCUT2D eigenvalue weighted by Gasteiger charge is 2.15. The van der Waals surface area contributed by atoms with Gasteiger partial charge in [-0.05, 0) is 36.8 Å². The summed E-state index contributed by atoms with van der Waals surface area (Å²) in [5, 5.41) is 3.00. The van der Waals surface area contributed by atoms with Crippen LogP contribution in [0.5, 0.6) is 5.75 Å². The summed E-state index contributed by atoms with van der Waals surface area (Å²) in [4.78, 5) is 14.5. The lowest BCUT2D eigenvalue weighted by molar-refractivity contribution is -0.116. The Morgan fingerprint density at radius 2 is 1.96 bits per heavy atom. The van der Waals surface area contributed by atoms with Crippen molar-refractivity contribution < 1.29 is 14.3 Å². The Morgan fingerprint density at radius 1 is 1.16 bits per heavy atom. The number of amides is 1. The Bertz CT molecular complexity index is 712. The van der Waals surface area contributed by atoms with Crippen molar-refractivity contribution in [2.75, 3.05) is 43.1 Å². The number of carbonyl (C=O) groups is 1. The number of benzene rings is 2. The minimum absolute atomic E-state index is 0.0478. The van der Waals surface area contributed by atoms with Crippen LogP contribution in [0.3, 0.4) is 0 Å². The molecule has 25 heavy (non-hydrogen) atoms. The van der Waals surface area contributed by atoms with E-state index in [0.29, 0.717) is 26.2 Å². The first-order valence-corrected chi connectivity index (χ1v) is 8.63. The highest BCUT2D eigenvalue weighted by molar-refractivity contribution is 5.94. The predicted octanol–water partition coefficient (Wildman–Crippen LogP) is 3.24. The fourth-order valence-electron chi connectivity index (χ4n) is 2.84. The van der Waals surface area contributed by atoms with Crippen molar-refractivity contribution in [3.05, 3.63) is 54.1 Å². The third-order valence-electron chi connectivity index (χ3n) is 4.12. The van der Waals surface area contributed by atoms with Gasteiger partial charge in [-0.2, -0.15) is 0 Å². The van der Waals surface area contributed by atoms with E-state index in [9.17, 15) is 4.79 Å². The molecule has 5 heteroatoms. The fraction of sp³-hybridized carbons (Fsp3) is 0.350. The molecule has 1 saturated heterocycles. The molecular weight excluding hydrogens is 316 g/mol. The SMILES string of the molecule is Cc1cccc(OCCC(=O)Nc2ccccc2N2CCOCC2)c1. The highest BCUT2D eigenvalue weighted by atomic mass is 16.5. The maximum atomic E-state index is 12.3. The average Bonchev–Trinajstić information content (AvgIpc) is 2.63. The van der Waals surface area contributed by atoms with Crippen LogP contribution < -0.4 is 15.0 Å². The third kappa shape index (κ3) is 4.97. The third-order valence-corrected chi connectivity index (χ3v) is 4.12. The van der Waals surface area contributed by atoms with E-state index < -0.39 is 0 Å². The summed E-state index contributed by atoms with van der Waals surface area (Å²) in [5.41, 5.74) is 3.02. The van der Waals surface area contributed by atoms with Crippen LogP contribution in [-0.4, -0.2) is 38.8 Å². The maximum Gasteiger partial charge on any atom is 0.227 e. The van der Waals surface area contributed by atoms with Gasteiger partial charge >= 0.3 is 0 Å². The topological polar surface area (TPSA) is 50.8 Å². The van der Waals surface area contributed by atoms with E-state index in [-0.39, 0.29) is 5.91 Å². The number of morpholine rings is 1. The average molecular weight is 340 g/mol. The van der Waals surface area contributed by atoms with Crippen LogP contribution in [0.1, 0.15) is 12.0 Å². The lowest BCUT2D eigenvalue weighted by Crippen LogP contribution is -2.36.